The summed E-state index contributed by atoms with van der Waals surface area (Å²) in [6.07, 6.45) is 4.54. The van der Waals surface area contributed by atoms with Gasteiger partial charge in [0.15, 0.2) is 0 Å². The Morgan fingerprint density at radius 2 is 2.00 bits per heavy atom. The van der Waals surface area contributed by atoms with Crippen LogP contribution in [0.25, 0.3) is 0 Å². The van der Waals surface area contributed by atoms with E-state index in [-0.39, 0.29) is 12.0 Å². The fraction of sp³-hybridized carbons (Fsp3) is 0.682. The monoisotopic (exact) mass is 386 g/mol. The van der Waals surface area contributed by atoms with Gasteiger partial charge in [-0.25, -0.2) is 0 Å². The molecule has 1 amide bonds. The zero-order chi connectivity index (χ0) is 19.5. The average molecular weight is 387 g/mol. The van der Waals surface area contributed by atoms with Gasteiger partial charge in [0, 0.05) is 44.8 Å². The smallest absolute Gasteiger partial charge is 0.228 e. The van der Waals surface area contributed by atoms with Gasteiger partial charge in [-0.2, -0.15) is 0 Å². The molecule has 4 saturated heterocycles. The highest BCUT2D eigenvalue weighted by atomic mass is 16.5. The number of fused-ring (bicyclic) bond motifs is 4. The standard InChI is InChI=1S/C22H34N4O2/c1-3-4-21-20(11-23-24-21)22(27)26-14-17-5-8-18(26)15-25(13-17)12-16-6-9-19(28-2)10-7-16/h6-7,9-10,17-18,20-21,23-24H,3-5,8,11-15H2,1-2H3/t17-,18+,20?,21?/m0/s1. The minimum atomic E-state index is 0.0781. The van der Waals surface area contributed by atoms with Crippen LogP contribution in [0.15, 0.2) is 24.3 Å². The number of methoxy groups -OCH3 is 1. The summed E-state index contributed by atoms with van der Waals surface area (Å²) >= 11 is 0. The van der Waals surface area contributed by atoms with Gasteiger partial charge >= 0.3 is 0 Å². The second kappa shape index (κ2) is 8.80. The Morgan fingerprint density at radius 3 is 2.75 bits per heavy atom. The summed E-state index contributed by atoms with van der Waals surface area (Å²) < 4.78 is 5.27. The molecule has 2 N–H and O–H groups in total. The van der Waals surface area contributed by atoms with E-state index >= 15 is 0 Å². The zero-order valence-corrected chi connectivity index (χ0v) is 17.2. The second-order valence-electron chi connectivity index (χ2n) is 8.66. The van der Waals surface area contributed by atoms with Crippen LogP contribution in [-0.4, -0.2) is 61.1 Å². The molecule has 6 heteroatoms. The third-order valence-electron chi connectivity index (χ3n) is 6.65. The first-order valence-corrected chi connectivity index (χ1v) is 10.8. The summed E-state index contributed by atoms with van der Waals surface area (Å²) in [4.78, 5) is 18.2. The quantitative estimate of drug-likeness (QED) is 0.783. The molecule has 4 aliphatic heterocycles. The van der Waals surface area contributed by atoms with Crippen molar-refractivity contribution in [1.29, 1.82) is 0 Å². The molecule has 6 nitrogen and oxygen atoms in total. The maximum atomic E-state index is 13.4. The number of nitrogens with one attached hydrogen (secondary N) is 2. The maximum Gasteiger partial charge on any atom is 0.228 e. The van der Waals surface area contributed by atoms with Crippen molar-refractivity contribution in [2.45, 2.75) is 51.2 Å². The molecule has 154 valence electrons. The lowest BCUT2D eigenvalue weighted by Crippen LogP contribution is -2.51. The van der Waals surface area contributed by atoms with Gasteiger partial charge in [-0.1, -0.05) is 25.5 Å². The van der Waals surface area contributed by atoms with Crippen molar-refractivity contribution in [3.63, 3.8) is 0 Å². The highest BCUT2D eigenvalue weighted by Gasteiger charge is 2.42. The van der Waals surface area contributed by atoms with Crippen LogP contribution in [-0.2, 0) is 11.3 Å². The second-order valence-corrected chi connectivity index (χ2v) is 8.66. The van der Waals surface area contributed by atoms with Gasteiger partial charge in [0.05, 0.1) is 13.0 Å². The largest absolute Gasteiger partial charge is 0.497 e. The van der Waals surface area contributed by atoms with Crippen LogP contribution in [0.3, 0.4) is 0 Å². The molecule has 1 aromatic carbocycles. The molecule has 2 bridgehead atoms. The van der Waals surface area contributed by atoms with Crippen LogP contribution in [0.2, 0.25) is 0 Å². The number of hydrogen-bond donors (Lipinski definition) is 2. The van der Waals surface area contributed by atoms with E-state index in [0.717, 1.165) is 57.7 Å². The Morgan fingerprint density at radius 1 is 1.18 bits per heavy atom. The van der Waals surface area contributed by atoms with E-state index < -0.39 is 0 Å². The third-order valence-corrected chi connectivity index (χ3v) is 6.65. The molecule has 2 unspecified atom stereocenters. The predicted octanol–water partition coefficient (Wildman–Crippen LogP) is 2.01. The predicted molar refractivity (Wildman–Crippen MR) is 110 cm³/mol. The Balaban J connectivity index is 1.42. The molecule has 4 atom stereocenters. The van der Waals surface area contributed by atoms with Crippen molar-refractivity contribution < 1.29 is 9.53 Å². The summed E-state index contributed by atoms with van der Waals surface area (Å²) in [5, 5.41) is 0. The lowest BCUT2D eigenvalue weighted by Gasteiger charge is -2.38. The van der Waals surface area contributed by atoms with Crippen LogP contribution in [0.5, 0.6) is 5.75 Å². The minimum absolute atomic E-state index is 0.0781. The third kappa shape index (κ3) is 4.19. The number of rotatable bonds is 6. The van der Waals surface area contributed by atoms with E-state index in [4.69, 9.17) is 4.74 Å². The molecular formula is C22H34N4O2. The molecule has 28 heavy (non-hydrogen) atoms. The van der Waals surface area contributed by atoms with Gasteiger partial charge in [0.1, 0.15) is 5.75 Å². The first-order valence-electron chi connectivity index (χ1n) is 10.8. The topological polar surface area (TPSA) is 56.8 Å². The summed E-state index contributed by atoms with van der Waals surface area (Å²) in [6, 6.07) is 9.00. The maximum absolute atomic E-state index is 13.4. The Bertz CT molecular complexity index is 665. The number of carbonyl (C=O) groups is 1. The van der Waals surface area contributed by atoms with Gasteiger partial charge in [-0.05, 0) is 42.9 Å². The van der Waals surface area contributed by atoms with Gasteiger partial charge < -0.3 is 9.64 Å². The zero-order valence-electron chi connectivity index (χ0n) is 17.2. The SMILES string of the molecule is CCCC1NNCC1C(=O)N1C[C@H]2CC[C@@H]1CN(Cc1ccc(OC)cc1)C2. The van der Waals surface area contributed by atoms with Crippen molar-refractivity contribution in [3.05, 3.63) is 29.8 Å². The number of ether oxygens (including phenoxy) is 1. The lowest BCUT2D eigenvalue weighted by molar-refractivity contribution is -0.139. The van der Waals surface area contributed by atoms with Gasteiger partial charge in [-0.3, -0.25) is 20.5 Å². The highest BCUT2D eigenvalue weighted by Crippen LogP contribution is 2.31. The summed E-state index contributed by atoms with van der Waals surface area (Å²) in [5.74, 6) is 1.93. The van der Waals surface area contributed by atoms with Gasteiger partial charge in [0.25, 0.3) is 0 Å². The molecule has 1 aromatic rings. The summed E-state index contributed by atoms with van der Waals surface area (Å²) in [6.45, 7) is 6.90. The van der Waals surface area contributed by atoms with Crippen LogP contribution in [0, 0.1) is 11.8 Å². The Kier molecular flexibility index (Phi) is 6.19. The van der Waals surface area contributed by atoms with Crippen molar-refractivity contribution in [1.82, 2.24) is 20.7 Å². The molecule has 0 radical (unpaired) electrons. The van der Waals surface area contributed by atoms with E-state index in [2.05, 4.69) is 39.7 Å². The van der Waals surface area contributed by atoms with Crippen LogP contribution < -0.4 is 15.6 Å². The fourth-order valence-electron chi connectivity index (χ4n) is 5.17. The van der Waals surface area contributed by atoms with E-state index in [9.17, 15) is 4.79 Å². The fourth-order valence-corrected chi connectivity index (χ4v) is 5.17. The first-order chi connectivity index (χ1) is 13.7. The van der Waals surface area contributed by atoms with Crippen molar-refractivity contribution in [2.24, 2.45) is 11.8 Å². The van der Waals surface area contributed by atoms with Gasteiger partial charge in [-0.15, -0.1) is 0 Å². The van der Waals surface area contributed by atoms with E-state index in [0.29, 0.717) is 17.9 Å². The van der Waals surface area contributed by atoms with Crippen molar-refractivity contribution >= 4 is 5.91 Å². The number of piperidine rings is 1. The molecule has 4 fully saturated rings. The number of carbonyl (C=O) groups excluding carboxylic acids is 1. The van der Waals surface area contributed by atoms with E-state index in [1.807, 2.05) is 12.1 Å². The normalized spacial score (nSPS) is 30.4. The number of hydrazine groups is 1. The molecular weight excluding hydrogens is 352 g/mol. The Hall–Kier alpha value is -1.63. The van der Waals surface area contributed by atoms with Crippen LogP contribution in [0.4, 0.5) is 0 Å². The molecule has 4 aliphatic rings. The summed E-state index contributed by atoms with van der Waals surface area (Å²) in [7, 11) is 1.70. The molecule has 0 aliphatic carbocycles. The first kappa shape index (κ1) is 19.7. The van der Waals surface area contributed by atoms with E-state index in [1.165, 1.54) is 12.0 Å². The van der Waals surface area contributed by atoms with Crippen molar-refractivity contribution in [3.8, 4) is 5.75 Å². The van der Waals surface area contributed by atoms with Gasteiger partial charge in [0.2, 0.25) is 5.91 Å². The molecule has 4 heterocycles. The molecule has 0 spiro atoms. The van der Waals surface area contributed by atoms with Crippen LogP contribution >= 0.6 is 0 Å². The number of nitrogens with zero attached hydrogens (tertiary/aromatic N) is 2. The number of hydrogen-bond acceptors (Lipinski definition) is 5. The average Bonchev–Trinajstić information content (AvgIpc) is 3.00. The Labute approximate surface area is 168 Å². The van der Waals surface area contributed by atoms with Crippen LogP contribution in [0.1, 0.15) is 38.2 Å². The lowest BCUT2D eigenvalue weighted by atomic mass is 9.91. The minimum Gasteiger partial charge on any atom is -0.497 e. The molecule has 0 saturated carbocycles. The van der Waals surface area contributed by atoms with Crippen molar-refractivity contribution in [2.75, 3.05) is 33.3 Å². The summed E-state index contributed by atoms with van der Waals surface area (Å²) in [5.41, 5.74) is 7.85. The van der Waals surface area contributed by atoms with E-state index in [1.54, 1.807) is 7.11 Å². The molecule has 0 aromatic heterocycles. The number of amides is 1. The highest BCUT2D eigenvalue weighted by molar-refractivity contribution is 5.80. The molecule has 5 rings (SSSR count). The number of benzene rings is 1.